The molecule has 1 aliphatic rings. The van der Waals surface area contributed by atoms with Gasteiger partial charge in [-0.15, -0.1) is 0 Å². The first kappa shape index (κ1) is 19.5. The van der Waals surface area contributed by atoms with Crippen LogP contribution in [0.25, 0.3) is 17.4 Å². The van der Waals surface area contributed by atoms with Crippen LogP contribution in [0.3, 0.4) is 0 Å². The molecule has 4 rings (SSSR count). The Morgan fingerprint density at radius 2 is 1.97 bits per heavy atom. The molecular formula is C22H16ClF3N2O. The second kappa shape index (κ2) is 7.87. The van der Waals surface area contributed by atoms with E-state index in [1.807, 2.05) is 18.2 Å². The van der Waals surface area contributed by atoms with Gasteiger partial charge in [0.05, 0.1) is 16.3 Å². The molecule has 1 aliphatic heterocycles. The van der Waals surface area contributed by atoms with Gasteiger partial charge >= 0.3 is 6.18 Å². The predicted octanol–water partition coefficient (Wildman–Crippen LogP) is 6.68. The molecule has 0 aliphatic carbocycles. The molecule has 3 nitrogen and oxygen atoms in total. The maximum absolute atomic E-state index is 13.0. The summed E-state index contributed by atoms with van der Waals surface area (Å²) in [6.07, 6.45) is 2.63. The fraction of sp³-hybridized carbons (Fsp3) is 0.182. The average molecular weight is 417 g/mol. The average Bonchev–Trinajstić information content (AvgIpc) is 3.17. The van der Waals surface area contributed by atoms with Crippen molar-refractivity contribution in [1.29, 1.82) is 0 Å². The molecule has 0 spiro atoms. The SMILES string of the molecule is FC(F)(F)c1ccc(Cl)c(-c2ccc(/C=C3/CCCN=C3c3cccnc3)o2)c1. The van der Waals surface area contributed by atoms with E-state index < -0.39 is 11.7 Å². The summed E-state index contributed by atoms with van der Waals surface area (Å²) in [5, 5.41) is 0.196. The van der Waals surface area contributed by atoms with Crippen molar-refractivity contribution < 1.29 is 17.6 Å². The summed E-state index contributed by atoms with van der Waals surface area (Å²) >= 11 is 6.12. The van der Waals surface area contributed by atoms with E-state index >= 15 is 0 Å². The van der Waals surface area contributed by atoms with E-state index in [2.05, 4.69) is 9.98 Å². The number of halogens is 4. The van der Waals surface area contributed by atoms with E-state index in [-0.39, 0.29) is 16.3 Å². The Morgan fingerprint density at radius 3 is 2.72 bits per heavy atom. The van der Waals surface area contributed by atoms with Crippen LogP contribution < -0.4 is 0 Å². The molecule has 7 heteroatoms. The lowest BCUT2D eigenvalue weighted by atomic mass is 9.96. The minimum absolute atomic E-state index is 0.196. The maximum atomic E-state index is 13.0. The van der Waals surface area contributed by atoms with Crippen molar-refractivity contribution in [3.05, 3.63) is 82.3 Å². The number of alkyl halides is 3. The van der Waals surface area contributed by atoms with Crippen molar-refractivity contribution in [3.8, 4) is 11.3 Å². The fourth-order valence-corrected chi connectivity index (χ4v) is 3.45. The van der Waals surface area contributed by atoms with Gasteiger partial charge in [0.25, 0.3) is 0 Å². The molecule has 0 fully saturated rings. The van der Waals surface area contributed by atoms with E-state index in [1.165, 1.54) is 6.07 Å². The molecule has 3 heterocycles. The fourth-order valence-electron chi connectivity index (χ4n) is 3.24. The first-order valence-corrected chi connectivity index (χ1v) is 9.42. The number of furan rings is 1. The van der Waals surface area contributed by atoms with E-state index in [1.54, 1.807) is 24.5 Å². The van der Waals surface area contributed by atoms with Gasteiger partial charge in [-0.2, -0.15) is 13.2 Å². The zero-order valence-electron chi connectivity index (χ0n) is 15.2. The van der Waals surface area contributed by atoms with Crippen molar-refractivity contribution >= 4 is 23.4 Å². The van der Waals surface area contributed by atoms with Crippen LogP contribution >= 0.6 is 11.6 Å². The Morgan fingerprint density at radius 1 is 1.10 bits per heavy atom. The minimum atomic E-state index is -4.45. The molecule has 0 atom stereocenters. The van der Waals surface area contributed by atoms with Gasteiger partial charge in [-0.1, -0.05) is 11.6 Å². The molecule has 0 N–H and O–H groups in total. The van der Waals surface area contributed by atoms with Crippen molar-refractivity contribution in [3.63, 3.8) is 0 Å². The summed E-state index contributed by atoms with van der Waals surface area (Å²) in [5.41, 5.74) is 2.22. The number of hydrogen-bond donors (Lipinski definition) is 0. The second-order valence-electron chi connectivity index (χ2n) is 6.64. The Kier molecular flexibility index (Phi) is 5.28. The van der Waals surface area contributed by atoms with Gasteiger partial charge in [-0.25, -0.2) is 0 Å². The van der Waals surface area contributed by atoms with Gasteiger partial charge in [-0.3, -0.25) is 9.98 Å². The van der Waals surface area contributed by atoms with Crippen LogP contribution in [0, 0.1) is 0 Å². The lowest BCUT2D eigenvalue weighted by Gasteiger charge is -2.15. The molecule has 2 aromatic heterocycles. The topological polar surface area (TPSA) is 38.4 Å². The Bertz CT molecular complexity index is 1080. The van der Waals surface area contributed by atoms with Crippen molar-refractivity contribution in [2.75, 3.05) is 6.54 Å². The lowest BCUT2D eigenvalue weighted by Crippen LogP contribution is -2.11. The smallest absolute Gasteiger partial charge is 0.416 e. The highest BCUT2D eigenvalue weighted by atomic mass is 35.5. The zero-order valence-corrected chi connectivity index (χ0v) is 16.0. The number of nitrogens with zero attached hydrogens (tertiary/aromatic N) is 2. The first-order valence-electron chi connectivity index (χ1n) is 9.04. The molecule has 3 aromatic rings. The third kappa shape index (κ3) is 4.27. The van der Waals surface area contributed by atoms with Gasteiger partial charge in [0.2, 0.25) is 0 Å². The van der Waals surface area contributed by atoms with E-state index in [9.17, 15) is 13.2 Å². The highest BCUT2D eigenvalue weighted by molar-refractivity contribution is 6.33. The van der Waals surface area contributed by atoms with Crippen molar-refractivity contribution in [2.24, 2.45) is 4.99 Å². The molecule has 0 radical (unpaired) electrons. The monoisotopic (exact) mass is 416 g/mol. The number of pyridine rings is 1. The minimum Gasteiger partial charge on any atom is -0.457 e. The van der Waals surface area contributed by atoms with Crippen LogP contribution in [0.5, 0.6) is 0 Å². The maximum Gasteiger partial charge on any atom is 0.416 e. The largest absolute Gasteiger partial charge is 0.457 e. The number of rotatable bonds is 3. The van der Waals surface area contributed by atoms with Gasteiger partial charge in [0, 0.05) is 30.1 Å². The summed E-state index contributed by atoms with van der Waals surface area (Å²) in [7, 11) is 0. The van der Waals surface area contributed by atoms with Gasteiger partial charge in [0.1, 0.15) is 11.5 Å². The van der Waals surface area contributed by atoms with Crippen molar-refractivity contribution in [1.82, 2.24) is 4.98 Å². The van der Waals surface area contributed by atoms with Crippen LogP contribution in [0.4, 0.5) is 13.2 Å². The van der Waals surface area contributed by atoms with Crippen LogP contribution in [-0.4, -0.2) is 17.2 Å². The third-order valence-corrected chi connectivity index (χ3v) is 4.95. The van der Waals surface area contributed by atoms with E-state index in [0.717, 1.165) is 48.4 Å². The van der Waals surface area contributed by atoms with Crippen LogP contribution in [0.15, 0.2) is 69.8 Å². The molecule has 29 heavy (non-hydrogen) atoms. The highest BCUT2D eigenvalue weighted by Gasteiger charge is 2.31. The van der Waals surface area contributed by atoms with E-state index in [4.69, 9.17) is 16.0 Å². The van der Waals surface area contributed by atoms with Crippen LogP contribution in [0.1, 0.15) is 29.7 Å². The molecule has 0 amide bonds. The number of aliphatic imine (C=N–C) groups is 1. The van der Waals surface area contributed by atoms with Crippen molar-refractivity contribution in [2.45, 2.75) is 19.0 Å². The Hall–Kier alpha value is -2.86. The van der Waals surface area contributed by atoms with Crippen LogP contribution in [-0.2, 0) is 6.18 Å². The number of allylic oxidation sites excluding steroid dienone is 1. The number of hydrogen-bond acceptors (Lipinski definition) is 3. The summed E-state index contributed by atoms with van der Waals surface area (Å²) in [5.74, 6) is 0.811. The Labute approximate surface area is 170 Å². The van der Waals surface area contributed by atoms with Gasteiger partial charge in [-0.05, 0) is 67.0 Å². The van der Waals surface area contributed by atoms with Crippen LogP contribution in [0.2, 0.25) is 5.02 Å². The Balaban J connectivity index is 1.68. The first-order chi connectivity index (χ1) is 13.9. The number of aromatic nitrogens is 1. The number of benzene rings is 1. The standard InChI is InChI=1S/C22H16ClF3N2O/c23-19-7-5-16(22(24,25)26)12-18(19)20-8-6-17(29-20)11-14-3-2-10-28-21(14)15-4-1-9-27-13-15/h1,4-9,11-13H,2-3,10H2/b14-11-. The third-order valence-electron chi connectivity index (χ3n) is 4.62. The van der Waals surface area contributed by atoms with Gasteiger partial charge < -0.3 is 4.42 Å². The molecule has 0 bridgehead atoms. The quantitative estimate of drug-likeness (QED) is 0.477. The second-order valence-corrected chi connectivity index (χ2v) is 7.05. The summed E-state index contributed by atoms with van der Waals surface area (Å²) in [6, 6.07) is 10.3. The molecule has 0 unspecified atom stereocenters. The lowest BCUT2D eigenvalue weighted by molar-refractivity contribution is -0.137. The molecular weight excluding hydrogens is 401 g/mol. The molecule has 0 saturated heterocycles. The molecule has 148 valence electrons. The summed E-state index contributed by atoms with van der Waals surface area (Å²) < 4.78 is 44.9. The highest BCUT2D eigenvalue weighted by Crippen LogP contribution is 2.37. The van der Waals surface area contributed by atoms with E-state index in [0.29, 0.717) is 5.76 Å². The summed E-state index contributed by atoms with van der Waals surface area (Å²) in [4.78, 5) is 8.76. The van der Waals surface area contributed by atoms with Gasteiger partial charge in [0.15, 0.2) is 0 Å². The molecule has 0 saturated carbocycles. The zero-order chi connectivity index (χ0) is 20.4. The molecule has 1 aromatic carbocycles. The normalized spacial score (nSPS) is 16.1. The predicted molar refractivity (Wildman–Crippen MR) is 107 cm³/mol. The summed E-state index contributed by atoms with van der Waals surface area (Å²) in [6.45, 7) is 0.741.